The van der Waals surface area contributed by atoms with E-state index in [2.05, 4.69) is 10.4 Å². The molecule has 0 bridgehead atoms. The Labute approximate surface area is 96.0 Å². The SMILES string of the molecule is Cc1cc(C)n(CC(=O)NCC2CCC2)n1. The lowest BCUT2D eigenvalue weighted by molar-refractivity contribution is -0.122. The molecule has 1 fully saturated rings. The van der Waals surface area contributed by atoms with Gasteiger partial charge < -0.3 is 5.32 Å². The molecule has 0 aliphatic heterocycles. The van der Waals surface area contributed by atoms with Crippen LogP contribution in [0.1, 0.15) is 30.7 Å². The normalized spacial score (nSPS) is 15.9. The van der Waals surface area contributed by atoms with Crippen LogP contribution in [-0.2, 0) is 11.3 Å². The second kappa shape index (κ2) is 4.68. The first-order valence-electron chi connectivity index (χ1n) is 5.93. The van der Waals surface area contributed by atoms with E-state index in [0.717, 1.165) is 17.9 Å². The van der Waals surface area contributed by atoms with E-state index in [0.29, 0.717) is 12.5 Å². The summed E-state index contributed by atoms with van der Waals surface area (Å²) in [5.74, 6) is 0.780. The van der Waals surface area contributed by atoms with E-state index in [-0.39, 0.29) is 5.91 Å². The summed E-state index contributed by atoms with van der Waals surface area (Å²) in [6, 6.07) is 1.99. The van der Waals surface area contributed by atoms with Crippen molar-refractivity contribution in [1.29, 1.82) is 0 Å². The van der Waals surface area contributed by atoms with E-state index in [1.165, 1.54) is 19.3 Å². The Morgan fingerprint density at radius 3 is 2.81 bits per heavy atom. The molecule has 0 unspecified atom stereocenters. The maximum Gasteiger partial charge on any atom is 0.241 e. The predicted octanol–water partition coefficient (Wildman–Crippen LogP) is 1.42. The largest absolute Gasteiger partial charge is 0.354 e. The lowest BCUT2D eigenvalue weighted by atomic mass is 9.85. The molecule has 88 valence electrons. The highest BCUT2D eigenvalue weighted by atomic mass is 16.2. The lowest BCUT2D eigenvalue weighted by Gasteiger charge is -2.25. The molecular weight excluding hydrogens is 202 g/mol. The summed E-state index contributed by atoms with van der Waals surface area (Å²) < 4.78 is 1.76. The molecule has 1 aromatic rings. The Hall–Kier alpha value is -1.32. The number of hydrogen-bond acceptors (Lipinski definition) is 2. The molecule has 16 heavy (non-hydrogen) atoms. The highest BCUT2D eigenvalue weighted by Gasteiger charge is 2.18. The van der Waals surface area contributed by atoms with Gasteiger partial charge in [0.2, 0.25) is 5.91 Å². The maximum atomic E-state index is 11.6. The van der Waals surface area contributed by atoms with Gasteiger partial charge in [0.15, 0.2) is 0 Å². The smallest absolute Gasteiger partial charge is 0.241 e. The van der Waals surface area contributed by atoms with Crippen LogP contribution in [-0.4, -0.2) is 22.2 Å². The van der Waals surface area contributed by atoms with Crippen molar-refractivity contribution in [3.63, 3.8) is 0 Å². The zero-order valence-electron chi connectivity index (χ0n) is 9.99. The van der Waals surface area contributed by atoms with Gasteiger partial charge in [-0.15, -0.1) is 0 Å². The van der Waals surface area contributed by atoms with Crippen LogP contribution in [0.4, 0.5) is 0 Å². The summed E-state index contributed by atoms with van der Waals surface area (Å²) >= 11 is 0. The van der Waals surface area contributed by atoms with E-state index in [1.54, 1.807) is 4.68 Å². The Bertz CT molecular complexity index is 380. The van der Waals surface area contributed by atoms with Crippen molar-refractivity contribution in [1.82, 2.24) is 15.1 Å². The zero-order valence-corrected chi connectivity index (χ0v) is 9.99. The molecule has 0 saturated heterocycles. The predicted molar refractivity (Wildman–Crippen MR) is 62.1 cm³/mol. The van der Waals surface area contributed by atoms with Crippen molar-refractivity contribution in [3.8, 4) is 0 Å². The molecule has 0 atom stereocenters. The summed E-state index contributed by atoms with van der Waals surface area (Å²) in [6.45, 7) is 5.08. The van der Waals surface area contributed by atoms with E-state index < -0.39 is 0 Å². The number of aryl methyl sites for hydroxylation is 2. The average molecular weight is 221 g/mol. The minimum Gasteiger partial charge on any atom is -0.354 e. The number of nitrogens with one attached hydrogen (secondary N) is 1. The fourth-order valence-electron chi connectivity index (χ4n) is 1.98. The van der Waals surface area contributed by atoms with E-state index in [1.807, 2.05) is 19.9 Å². The topological polar surface area (TPSA) is 46.9 Å². The molecule has 4 nitrogen and oxygen atoms in total. The molecular formula is C12H19N3O. The number of aromatic nitrogens is 2. The van der Waals surface area contributed by atoms with Crippen molar-refractivity contribution < 1.29 is 4.79 Å². The number of hydrogen-bond donors (Lipinski definition) is 1. The molecule has 1 heterocycles. The van der Waals surface area contributed by atoms with Crippen molar-refractivity contribution >= 4 is 5.91 Å². The zero-order chi connectivity index (χ0) is 11.5. The first-order valence-corrected chi connectivity index (χ1v) is 5.93. The molecule has 1 amide bonds. The maximum absolute atomic E-state index is 11.6. The third-order valence-electron chi connectivity index (χ3n) is 3.21. The van der Waals surface area contributed by atoms with E-state index in [4.69, 9.17) is 0 Å². The monoisotopic (exact) mass is 221 g/mol. The van der Waals surface area contributed by atoms with Crippen LogP contribution < -0.4 is 5.32 Å². The van der Waals surface area contributed by atoms with Crippen LogP contribution in [0, 0.1) is 19.8 Å². The van der Waals surface area contributed by atoms with Gasteiger partial charge in [-0.05, 0) is 38.7 Å². The second-order valence-electron chi connectivity index (χ2n) is 4.69. The van der Waals surface area contributed by atoms with Gasteiger partial charge in [0, 0.05) is 12.2 Å². The second-order valence-corrected chi connectivity index (χ2v) is 4.69. The van der Waals surface area contributed by atoms with Gasteiger partial charge in [-0.3, -0.25) is 9.48 Å². The van der Waals surface area contributed by atoms with Crippen molar-refractivity contribution in [2.24, 2.45) is 5.92 Å². The average Bonchev–Trinajstić information content (AvgIpc) is 2.42. The minimum absolute atomic E-state index is 0.0677. The quantitative estimate of drug-likeness (QED) is 0.835. The summed E-state index contributed by atoms with van der Waals surface area (Å²) in [5.41, 5.74) is 2.00. The van der Waals surface area contributed by atoms with Crippen LogP contribution in [0.15, 0.2) is 6.07 Å². The van der Waals surface area contributed by atoms with Gasteiger partial charge in [-0.1, -0.05) is 6.42 Å². The third-order valence-corrected chi connectivity index (χ3v) is 3.21. The highest BCUT2D eigenvalue weighted by Crippen LogP contribution is 2.25. The first kappa shape index (κ1) is 11.2. The van der Waals surface area contributed by atoms with Gasteiger partial charge >= 0.3 is 0 Å². The van der Waals surface area contributed by atoms with Crippen molar-refractivity contribution in [2.75, 3.05) is 6.54 Å². The molecule has 0 spiro atoms. The van der Waals surface area contributed by atoms with Crippen LogP contribution in [0.5, 0.6) is 0 Å². The van der Waals surface area contributed by atoms with Crippen molar-refractivity contribution in [2.45, 2.75) is 39.7 Å². The van der Waals surface area contributed by atoms with Gasteiger partial charge in [0.25, 0.3) is 0 Å². The standard InChI is InChI=1S/C12H19N3O/c1-9-6-10(2)15(14-9)8-12(16)13-7-11-4-3-5-11/h6,11H,3-5,7-8H2,1-2H3,(H,13,16). The van der Waals surface area contributed by atoms with Gasteiger partial charge in [0.05, 0.1) is 5.69 Å². The summed E-state index contributed by atoms with van der Waals surface area (Å²) in [4.78, 5) is 11.6. The molecule has 0 aromatic carbocycles. The number of carbonyl (C=O) groups excluding carboxylic acids is 1. The Morgan fingerprint density at radius 1 is 1.56 bits per heavy atom. The molecule has 1 aliphatic carbocycles. The third kappa shape index (κ3) is 2.62. The molecule has 1 aliphatic rings. The molecule has 4 heteroatoms. The van der Waals surface area contributed by atoms with Gasteiger partial charge in [0.1, 0.15) is 6.54 Å². The van der Waals surface area contributed by atoms with E-state index >= 15 is 0 Å². The summed E-state index contributed by atoms with van der Waals surface area (Å²) in [5, 5.41) is 7.24. The number of amides is 1. The minimum atomic E-state index is 0.0677. The number of nitrogens with zero attached hydrogens (tertiary/aromatic N) is 2. The molecule has 1 N–H and O–H groups in total. The Balaban J connectivity index is 1.79. The van der Waals surface area contributed by atoms with Gasteiger partial charge in [-0.25, -0.2) is 0 Å². The highest BCUT2D eigenvalue weighted by molar-refractivity contribution is 5.75. The fraction of sp³-hybridized carbons (Fsp3) is 0.667. The number of carbonyl (C=O) groups is 1. The fourth-order valence-corrected chi connectivity index (χ4v) is 1.98. The van der Waals surface area contributed by atoms with Crippen LogP contribution >= 0.6 is 0 Å². The molecule has 0 radical (unpaired) electrons. The molecule has 1 saturated carbocycles. The van der Waals surface area contributed by atoms with Crippen LogP contribution in [0.25, 0.3) is 0 Å². The number of rotatable bonds is 4. The lowest BCUT2D eigenvalue weighted by Crippen LogP contribution is -2.34. The summed E-state index contributed by atoms with van der Waals surface area (Å²) in [6.07, 6.45) is 3.85. The van der Waals surface area contributed by atoms with Crippen molar-refractivity contribution in [3.05, 3.63) is 17.5 Å². The van der Waals surface area contributed by atoms with Crippen LogP contribution in [0.3, 0.4) is 0 Å². The molecule has 1 aromatic heterocycles. The Morgan fingerprint density at radius 2 is 2.31 bits per heavy atom. The molecule has 2 rings (SSSR count). The van der Waals surface area contributed by atoms with Crippen LogP contribution in [0.2, 0.25) is 0 Å². The summed E-state index contributed by atoms with van der Waals surface area (Å²) in [7, 11) is 0. The first-order chi connectivity index (χ1) is 7.65. The Kier molecular flexibility index (Phi) is 3.27. The van der Waals surface area contributed by atoms with Gasteiger partial charge in [-0.2, -0.15) is 5.10 Å². The van der Waals surface area contributed by atoms with E-state index in [9.17, 15) is 4.79 Å².